The van der Waals surface area contributed by atoms with Crippen molar-refractivity contribution in [2.75, 3.05) is 0 Å². The minimum atomic E-state index is 0. The molecule has 5 heteroatoms. The molecule has 1 aliphatic carbocycles. The number of halogens is 1. The number of hydrogen-bond acceptors (Lipinski definition) is 4. The summed E-state index contributed by atoms with van der Waals surface area (Å²) in [6.07, 6.45) is 4.32. The summed E-state index contributed by atoms with van der Waals surface area (Å²) in [6, 6.07) is 0.369. The van der Waals surface area contributed by atoms with Gasteiger partial charge in [-0.3, -0.25) is 0 Å². The van der Waals surface area contributed by atoms with Gasteiger partial charge in [-0.1, -0.05) is 13.8 Å². The lowest BCUT2D eigenvalue weighted by molar-refractivity contribution is 0.327. The van der Waals surface area contributed by atoms with Gasteiger partial charge in [0.15, 0.2) is 0 Å². The number of hydrogen-bond donors (Lipinski definition) is 1. The molecule has 1 aromatic rings. The van der Waals surface area contributed by atoms with Crippen LogP contribution in [0.3, 0.4) is 0 Å². The number of rotatable bonds is 2. The molecule has 1 fully saturated rings. The maximum Gasteiger partial charge on any atom is 0.219 e. The van der Waals surface area contributed by atoms with Gasteiger partial charge >= 0.3 is 0 Å². The first kappa shape index (κ1) is 13.5. The molecule has 0 unspecified atom stereocenters. The van der Waals surface area contributed by atoms with E-state index in [2.05, 4.69) is 24.0 Å². The van der Waals surface area contributed by atoms with Gasteiger partial charge in [0.1, 0.15) is 0 Å². The fraction of sp³-hybridized carbons (Fsp3) is 0.818. The summed E-state index contributed by atoms with van der Waals surface area (Å²) < 4.78 is 5.66. The zero-order valence-corrected chi connectivity index (χ0v) is 10.7. The molecule has 2 rings (SSSR count). The minimum absolute atomic E-state index is 0. The second kappa shape index (κ2) is 5.64. The Balaban J connectivity index is 0.00000128. The van der Waals surface area contributed by atoms with Crippen LogP contribution in [-0.4, -0.2) is 16.2 Å². The summed E-state index contributed by atoms with van der Waals surface area (Å²) >= 11 is 0. The average molecular weight is 246 g/mol. The Kier molecular flexibility index (Phi) is 4.74. The zero-order chi connectivity index (χ0) is 10.8. The minimum Gasteiger partial charge on any atom is -0.425 e. The van der Waals surface area contributed by atoms with Crippen LogP contribution in [-0.2, 0) is 0 Å². The molecular formula is C11H20ClN3O. The predicted molar refractivity (Wildman–Crippen MR) is 64.8 cm³/mol. The predicted octanol–water partition coefficient (Wildman–Crippen LogP) is 2.60. The summed E-state index contributed by atoms with van der Waals surface area (Å²) in [5.41, 5.74) is 5.86. The van der Waals surface area contributed by atoms with Crippen LogP contribution >= 0.6 is 12.4 Å². The van der Waals surface area contributed by atoms with Crippen molar-refractivity contribution >= 4 is 12.4 Å². The molecule has 1 aliphatic rings. The molecule has 2 N–H and O–H groups in total. The van der Waals surface area contributed by atoms with Crippen molar-refractivity contribution in [1.29, 1.82) is 0 Å². The molecule has 1 aromatic heterocycles. The van der Waals surface area contributed by atoms with E-state index in [9.17, 15) is 0 Å². The monoisotopic (exact) mass is 245 g/mol. The lowest BCUT2D eigenvalue weighted by Crippen LogP contribution is -2.25. The van der Waals surface area contributed by atoms with Crippen LogP contribution in [0.1, 0.15) is 63.1 Å². The van der Waals surface area contributed by atoms with Crippen molar-refractivity contribution in [3.8, 4) is 0 Å². The Morgan fingerprint density at radius 2 is 1.81 bits per heavy atom. The van der Waals surface area contributed by atoms with Crippen LogP contribution < -0.4 is 5.73 Å². The summed E-state index contributed by atoms with van der Waals surface area (Å²) in [6.45, 7) is 4.13. The topological polar surface area (TPSA) is 64.9 Å². The van der Waals surface area contributed by atoms with E-state index in [-0.39, 0.29) is 12.4 Å². The van der Waals surface area contributed by atoms with Crippen molar-refractivity contribution in [3.63, 3.8) is 0 Å². The van der Waals surface area contributed by atoms with Gasteiger partial charge in [-0.15, -0.1) is 22.6 Å². The third-order valence-corrected chi connectivity index (χ3v) is 3.07. The summed E-state index contributed by atoms with van der Waals surface area (Å²) in [7, 11) is 0. The van der Waals surface area contributed by atoms with E-state index in [4.69, 9.17) is 10.2 Å². The lowest BCUT2D eigenvalue weighted by Gasteiger charge is -2.23. The third kappa shape index (κ3) is 2.95. The molecule has 0 amide bonds. The Bertz CT molecular complexity index is 319. The molecule has 0 spiro atoms. The normalized spacial score (nSPS) is 25.5. The fourth-order valence-corrected chi connectivity index (χ4v) is 2.01. The van der Waals surface area contributed by atoms with E-state index in [1.807, 2.05) is 0 Å². The smallest absolute Gasteiger partial charge is 0.219 e. The first-order valence-electron chi connectivity index (χ1n) is 5.75. The van der Waals surface area contributed by atoms with Gasteiger partial charge in [0.05, 0.1) is 0 Å². The van der Waals surface area contributed by atoms with Crippen molar-refractivity contribution in [2.24, 2.45) is 5.73 Å². The van der Waals surface area contributed by atoms with Crippen LogP contribution in [0.2, 0.25) is 0 Å². The molecular weight excluding hydrogens is 226 g/mol. The van der Waals surface area contributed by atoms with Crippen LogP contribution in [0.15, 0.2) is 4.42 Å². The quantitative estimate of drug-likeness (QED) is 0.870. The van der Waals surface area contributed by atoms with E-state index >= 15 is 0 Å². The molecule has 4 nitrogen and oxygen atoms in total. The van der Waals surface area contributed by atoms with E-state index in [0.717, 1.165) is 37.5 Å². The first-order valence-corrected chi connectivity index (χ1v) is 5.75. The standard InChI is InChI=1S/C11H19N3O.ClH/c1-7(2)10-13-14-11(15-10)8-3-5-9(12)6-4-8;/h7-9H,3-6,12H2,1-2H3;1H. The SMILES string of the molecule is CC(C)c1nnc(C2CCC(N)CC2)o1.Cl. The number of nitrogens with zero attached hydrogens (tertiary/aromatic N) is 2. The Morgan fingerprint density at radius 1 is 1.19 bits per heavy atom. The van der Waals surface area contributed by atoms with Crippen LogP contribution in [0.25, 0.3) is 0 Å². The maximum atomic E-state index is 5.86. The molecule has 1 saturated carbocycles. The molecule has 0 aromatic carbocycles. The molecule has 92 valence electrons. The van der Waals surface area contributed by atoms with Crippen LogP contribution in [0.5, 0.6) is 0 Å². The van der Waals surface area contributed by atoms with E-state index in [1.54, 1.807) is 0 Å². The molecule has 0 radical (unpaired) electrons. The Labute approximate surface area is 102 Å². The van der Waals surface area contributed by atoms with E-state index < -0.39 is 0 Å². The maximum absolute atomic E-state index is 5.86. The van der Waals surface area contributed by atoms with Crippen molar-refractivity contribution in [2.45, 2.75) is 57.4 Å². The Morgan fingerprint density at radius 3 is 2.31 bits per heavy atom. The highest BCUT2D eigenvalue weighted by molar-refractivity contribution is 5.85. The van der Waals surface area contributed by atoms with Gasteiger partial charge in [-0.25, -0.2) is 0 Å². The van der Waals surface area contributed by atoms with Crippen molar-refractivity contribution < 1.29 is 4.42 Å². The second-order valence-electron chi connectivity index (χ2n) is 4.74. The van der Waals surface area contributed by atoms with Crippen LogP contribution in [0.4, 0.5) is 0 Å². The summed E-state index contributed by atoms with van der Waals surface area (Å²) in [5, 5.41) is 8.19. The Hall–Kier alpha value is -0.610. The third-order valence-electron chi connectivity index (χ3n) is 3.07. The first-order chi connectivity index (χ1) is 7.16. The van der Waals surface area contributed by atoms with Crippen molar-refractivity contribution in [3.05, 3.63) is 11.8 Å². The van der Waals surface area contributed by atoms with Gasteiger partial charge in [0.25, 0.3) is 0 Å². The van der Waals surface area contributed by atoms with Gasteiger partial charge in [0, 0.05) is 17.9 Å². The number of nitrogens with two attached hydrogens (primary N) is 1. The molecule has 0 bridgehead atoms. The molecule has 0 saturated heterocycles. The van der Waals surface area contributed by atoms with E-state index in [0.29, 0.717) is 17.9 Å². The zero-order valence-electron chi connectivity index (χ0n) is 9.85. The molecule has 0 atom stereocenters. The largest absolute Gasteiger partial charge is 0.425 e. The average Bonchev–Trinajstić information content (AvgIpc) is 2.68. The molecule has 16 heavy (non-hydrogen) atoms. The van der Waals surface area contributed by atoms with Gasteiger partial charge in [-0.05, 0) is 25.7 Å². The summed E-state index contributed by atoms with van der Waals surface area (Å²) in [5.74, 6) is 2.31. The van der Waals surface area contributed by atoms with Crippen molar-refractivity contribution in [1.82, 2.24) is 10.2 Å². The van der Waals surface area contributed by atoms with Gasteiger partial charge < -0.3 is 10.2 Å². The highest BCUT2D eigenvalue weighted by Crippen LogP contribution is 2.31. The number of aromatic nitrogens is 2. The lowest BCUT2D eigenvalue weighted by atomic mass is 9.86. The highest BCUT2D eigenvalue weighted by Gasteiger charge is 2.24. The van der Waals surface area contributed by atoms with Crippen LogP contribution in [0, 0.1) is 0 Å². The molecule has 1 heterocycles. The highest BCUT2D eigenvalue weighted by atomic mass is 35.5. The second-order valence-corrected chi connectivity index (χ2v) is 4.74. The summed E-state index contributed by atoms with van der Waals surface area (Å²) in [4.78, 5) is 0. The van der Waals surface area contributed by atoms with Gasteiger partial charge in [-0.2, -0.15) is 0 Å². The van der Waals surface area contributed by atoms with Gasteiger partial charge in [0.2, 0.25) is 11.8 Å². The van der Waals surface area contributed by atoms with E-state index in [1.165, 1.54) is 0 Å². The fourth-order valence-electron chi connectivity index (χ4n) is 2.01. The molecule has 0 aliphatic heterocycles.